The van der Waals surface area contributed by atoms with Crippen molar-refractivity contribution in [2.45, 2.75) is 82.8 Å². The van der Waals surface area contributed by atoms with Gasteiger partial charge in [-0.05, 0) is 43.4 Å². The normalized spacial score (nSPS) is 34.4. The van der Waals surface area contributed by atoms with E-state index in [-0.39, 0.29) is 0 Å². The Bertz CT molecular complexity index is 700. The lowest BCUT2D eigenvalue weighted by Crippen LogP contribution is -2.65. The summed E-state index contributed by atoms with van der Waals surface area (Å²) in [6.45, 7) is 3.22. The number of piperidine rings is 3. The van der Waals surface area contributed by atoms with Gasteiger partial charge in [0.05, 0.1) is 0 Å². The number of nitrogens with zero attached hydrogens (tertiary/aromatic N) is 3. The molecule has 1 amide bonds. The van der Waals surface area contributed by atoms with Crippen LogP contribution in [-0.2, 0) is 11.3 Å². The Morgan fingerprint density at radius 1 is 1.11 bits per heavy atom. The topological polar surface area (TPSA) is 62.5 Å². The summed E-state index contributed by atoms with van der Waals surface area (Å²) in [4.78, 5) is 23.5. The number of fused-ring (bicyclic) bond motifs is 4. The van der Waals surface area contributed by atoms with Gasteiger partial charge in [0, 0.05) is 49.2 Å². The lowest BCUT2D eigenvalue weighted by molar-refractivity contribution is -0.154. The van der Waals surface area contributed by atoms with Crippen LogP contribution in [0.25, 0.3) is 0 Å². The zero-order valence-corrected chi connectivity index (χ0v) is 17.7. The predicted molar refractivity (Wildman–Crippen MR) is 113 cm³/mol. The summed E-state index contributed by atoms with van der Waals surface area (Å²) in [5, 5.41) is 0.673. The Hall–Kier alpha value is -1.14. The minimum atomic E-state index is 0.454. The number of hydrogen-bond donors (Lipinski definition) is 1. The van der Waals surface area contributed by atoms with Gasteiger partial charge >= 0.3 is 0 Å². The average molecular weight is 403 g/mol. The smallest absolute Gasteiger partial charge is 0.223 e. The van der Waals surface area contributed by atoms with E-state index in [4.69, 9.17) is 5.73 Å². The summed E-state index contributed by atoms with van der Waals surface area (Å²) < 4.78 is 0. The molecule has 3 saturated heterocycles. The summed E-state index contributed by atoms with van der Waals surface area (Å²) in [5.74, 6) is 2.58. The Labute approximate surface area is 172 Å². The van der Waals surface area contributed by atoms with Gasteiger partial charge in [0.15, 0.2) is 5.13 Å². The summed E-state index contributed by atoms with van der Waals surface area (Å²) in [7, 11) is 0. The van der Waals surface area contributed by atoms with Gasteiger partial charge in [0.2, 0.25) is 5.91 Å². The number of anilines is 1. The summed E-state index contributed by atoms with van der Waals surface area (Å²) in [6.07, 6.45) is 14.5. The number of likely N-dealkylation sites (tertiary alicyclic amines) is 1. The molecule has 5 rings (SSSR count). The van der Waals surface area contributed by atoms with Crippen LogP contribution < -0.4 is 5.73 Å². The van der Waals surface area contributed by atoms with Gasteiger partial charge in [-0.3, -0.25) is 9.69 Å². The lowest BCUT2D eigenvalue weighted by Gasteiger charge is -2.57. The molecule has 6 heteroatoms. The fraction of sp³-hybridized carbons (Fsp3) is 0.818. The maximum Gasteiger partial charge on any atom is 0.223 e. The third kappa shape index (κ3) is 3.70. The first kappa shape index (κ1) is 18.9. The highest BCUT2D eigenvalue weighted by Gasteiger charge is 2.49. The van der Waals surface area contributed by atoms with Crippen LogP contribution in [0.5, 0.6) is 0 Å². The zero-order chi connectivity index (χ0) is 19.1. The van der Waals surface area contributed by atoms with Crippen LogP contribution in [0.3, 0.4) is 0 Å². The van der Waals surface area contributed by atoms with Gasteiger partial charge in [-0.2, -0.15) is 0 Å². The minimum absolute atomic E-state index is 0.454. The Balaban J connectivity index is 1.35. The fourth-order valence-electron chi connectivity index (χ4n) is 6.69. The molecule has 0 spiro atoms. The monoisotopic (exact) mass is 402 g/mol. The van der Waals surface area contributed by atoms with Crippen molar-refractivity contribution in [3.05, 3.63) is 11.1 Å². The first-order chi connectivity index (χ1) is 13.7. The number of rotatable bonds is 4. The summed E-state index contributed by atoms with van der Waals surface area (Å²) in [6, 6.07) is 0.965. The highest BCUT2D eigenvalue weighted by atomic mass is 32.1. The van der Waals surface area contributed by atoms with Gasteiger partial charge in [-0.1, -0.05) is 32.1 Å². The molecule has 2 bridgehead atoms. The first-order valence-corrected chi connectivity index (χ1v) is 12.2. The molecule has 0 radical (unpaired) electrons. The Morgan fingerprint density at radius 3 is 2.71 bits per heavy atom. The van der Waals surface area contributed by atoms with Crippen molar-refractivity contribution in [3.8, 4) is 0 Å². The van der Waals surface area contributed by atoms with E-state index in [0.717, 1.165) is 38.4 Å². The van der Waals surface area contributed by atoms with Crippen molar-refractivity contribution >= 4 is 22.4 Å². The van der Waals surface area contributed by atoms with Gasteiger partial charge in [0.25, 0.3) is 0 Å². The third-order valence-electron chi connectivity index (χ3n) is 7.82. The molecule has 4 atom stereocenters. The maximum atomic E-state index is 13.0. The number of aromatic nitrogens is 1. The fourth-order valence-corrected chi connectivity index (χ4v) is 7.41. The molecular weight excluding hydrogens is 368 g/mol. The molecule has 0 aromatic carbocycles. The molecule has 4 aliphatic rings. The number of hydrogen-bond acceptors (Lipinski definition) is 5. The first-order valence-electron chi connectivity index (χ1n) is 11.4. The standard InChI is InChI=1S/C22H34N4OS/c23-22-24-11-18(28-22)14-25-12-16-10-17(13-25)20(9-15-5-2-1-3-6-15)26-19(16)7-4-8-21(26)27/h11,15-17,19-20H,1-10,12-14H2,(H2,23,24)/t16-,17+,19+,20+/m1/s1. The van der Waals surface area contributed by atoms with Crippen molar-refractivity contribution in [1.82, 2.24) is 14.8 Å². The van der Waals surface area contributed by atoms with E-state index >= 15 is 0 Å². The van der Waals surface area contributed by atoms with Gasteiger partial charge in [0.1, 0.15) is 0 Å². The van der Waals surface area contributed by atoms with Crippen molar-refractivity contribution in [3.63, 3.8) is 0 Å². The number of nitrogens with two attached hydrogens (primary N) is 1. The minimum Gasteiger partial charge on any atom is -0.375 e. The van der Waals surface area contributed by atoms with Crippen LogP contribution >= 0.6 is 11.3 Å². The van der Waals surface area contributed by atoms with Crippen LogP contribution in [0, 0.1) is 17.8 Å². The highest BCUT2D eigenvalue weighted by Crippen LogP contribution is 2.45. The van der Waals surface area contributed by atoms with E-state index in [9.17, 15) is 4.79 Å². The molecule has 5 nitrogen and oxygen atoms in total. The zero-order valence-electron chi connectivity index (χ0n) is 16.9. The van der Waals surface area contributed by atoms with E-state index in [1.165, 1.54) is 56.2 Å². The Morgan fingerprint density at radius 2 is 1.93 bits per heavy atom. The van der Waals surface area contributed by atoms with E-state index in [2.05, 4.69) is 14.8 Å². The summed E-state index contributed by atoms with van der Waals surface area (Å²) >= 11 is 1.62. The number of thiazole rings is 1. The van der Waals surface area contributed by atoms with Gasteiger partial charge < -0.3 is 10.6 Å². The van der Waals surface area contributed by atoms with Crippen molar-refractivity contribution in [1.29, 1.82) is 0 Å². The van der Waals surface area contributed by atoms with Crippen LogP contribution in [0.4, 0.5) is 5.13 Å². The van der Waals surface area contributed by atoms with Crippen molar-refractivity contribution < 1.29 is 4.79 Å². The van der Waals surface area contributed by atoms with Crippen LogP contribution in [0.2, 0.25) is 0 Å². The van der Waals surface area contributed by atoms with E-state index < -0.39 is 0 Å². The van der Waals surface area contributed by atoms with E-state index in [1.807, 2.05) is 6.20 Å². The molecule has 1 aromatic heterocycles. The highest BCUT2D eigenvalue weighted by molar-refractivity contribution is 7.15. The summed E-state index contributed by atoms with van der Waals surface area (Å²) in [5.41, 5.74) is 5.85. The molecular formula is C22H34N4OS. The van der Waals surface area contributed by atoms with Crippen LogP contribution in [0.15, 0.2) is 6.20 Å². The number of carbonyl (C=O) groups is 1. The van der Waals surface area contributed by atoms with E-state index in [0.29, 0.717) is 35.0 Å². The maximum absolute atomic E-state index is 13.0. The number of carbonyl (C=O) groups excluding carboxylic acids is 1. The molecule has 154 valence electrons. The second kappa shape index (κ2) is 7.94. The largest absolute Gasteiger partial charge is 0.375 e. The third-order valence-corrected chi connectivity index (χ3v) is 8.63. The molecule has 28 heavy (non-hydrogen) atoms. The molecule has 4 fully saturated rings. The molecule has 4 heterocycles. The van der Waals surface area contributed by atoms with Crippen LogP contribution in [0.1, 0.15) is 69.1 Å². The average Bonchev–Trinajstić information content (AvgIpc) is 3.11. The van der Waals surface area contributed by atoms with Crippen molar-refractivity contribution in [2.75, 3.05) is 18.8 Å². The lowest BCUT2D eigenvalue weighted by atomic mass is 9.69. The van der Waals surface area contributed by atoms with Crippen LogP contribution in [-0.4, -0.2) is 45.9 Å². The second-order valence-electron chi connectivity index (χ2n) is 9.68. The van der Waals surface area contributed by atoms with Gasteiger partial charge in [-0.25, -0.2) is 4.98 Å². The molecule has 1 saturated carbocycles. The molecule has 1 aliphatic carbocycles. The second-order valence-corrected chi connectivity index (χ2v) is 10.8. The molecule has 2 N–H and O–H groups in total. The van der Waals surface area contributed by atoms with Crippen molar-refractivity contribution in [2.24, 2.45) is 17.8 Å². The quantitative estimate of drug-likeness (QED) is 0.830. The van der Waals surface area contributed by atoms with E-state index in [1.54, 1.807) is 11.3 Å². The SMILES string of the molecule is Nc1ncc(CN2C[C@H]3C[C@@H](C2)[C@H](CC2CCCCC2)N2C(=O)CCC[C@@H]32)s1. The number of amides is 1. The van der Waals surface area contributed by atoms with Gasteiger partial charge in [-0.15, -0.1) is 11.3 Å². The number of nitrogen functional groups attached to an aromatic ring is 1. The molecule has 0 unspecified atom stereocenters. The Kier molecular flexibility index (Phi) is 5.35. The molecule has 1 aromatic rings. The molecule has 3 aliphatic heterocycles. The predicted octanol–water partition coefficient (Wildman–Crippen LogP) is 3.90.